The van der Waals surface area contributed by atoms with Crippen LogP contribution in [0, 0.1) is 0 Å². The van der Waals surface area contributed by atoms with Gasteiger partial charge >= 0.3 is 0 Å². The number of nitrogens with two attached hydrogens (primary N) is 1. The average Bonchev–Trinajstić information content (AvgIpc) is 2.51. The molecule has 0 aliphatic heterocycles. The summed E-state index contributed by atoms with van der Waals surface area (Å²) < 4.78 is 0. The van der Waals surface area contributed by atoms with E-state index in [9.17, 15) is 4.79 Å². The second kappa shape index (κ2) is 5.67. The smallest absolute Gasteiger partial charge is 0.241 e. The molecule has 0 heterocycles. The van der Waals surface area contributed by atoms with E-state index in [2.05, 4.69) is 30.3 Å². The van der Waals surface area contributed by atoms with Gasteiger partial charge in [-0.2, -0.15) is 0 Å². The molecule has 0 atom stereocenters. The van der Waals surface area contributed by atoms with Crippen LogP contribution < -0.4 is 5.73 Å². The van der Waals surface area contributed by atoms with Crippen molar-refractivity contribution in [1.82, 2.24) is 0 Å². The van der Waals surface area contributed by atoms with Crippen molar-refractivity contribution >= 4 is 11.5 Å². The lowest BCUT2D eigenvalue weighted by Gasteiger charge is -2.08. The molecule has 2 rings (SSSR count). The van der Waals surface area contributed by atoms with Gasteiger partial charge in [0.05, 0.1) is 0 Å². The predicted octanol–water partition coefficient (Wildman–Crippen LogP) is 3.23. The van der Waals surface area contributed by atoms with Gasteiger partial charge in [-0.3, -0.25) is 4.79 Å². The van der Waals surface area contributed by atoms with Gasteiger partial charge in [0.15, 0.2) is 0 Å². The Bertz CT molecular complexity index is 512. The summed E-state index contributed by atoms with van der Waals surface area (Å²) in [5.41, 5.74) is 10.2. The molecule has 0 aromatic heterocycles. The fraction of sp³-hybridized carbons (Fsp3) is 0.312. The van der Waals surface area contributed by atoms with Crippen molar-refractivity contribution in [3.63, 3.8) is 0 Å². The lowest BCUT2D eigenvalue weighted by atomic mass is 9.97. The largest absolute Gasteiger partial charge is 0.366 e. The molecule has 1 aromatic carbocycles. The Morgan fingerprint density at radius 1 is 1.22 bits per heavy atom. The molecule has 2 nitrogen and oxygen atoms in total. The Hall–Kier alpha value is -1.83. The van der Waals surface area contributed by atoms with Crippen LogP contribution in [0.25, 0.3) is 5.57 Å². The molecular weight excluding hydrogens is 222 g/mol. The minimum atomic E-state index is -0.383. The maximum atomic E-state index is 10.9. The number of rotatable bonds is 2. The lowest BCUT2D eigenvalue weighted by Crippen LogP contribution is -2.06. The van der Waals surface area contributed by atoms with E-state index in [-0.39, 0.29) is 5.91 Å². The van der Waals surface area contributed by atoms with Gasteiger partial charge < -0.3 is 5.73 Å². The van der Waals surface area contributed by atoms with E-state index in [0.717, 1.165) is 18.4 Å². The zero-order valence-corrected chi connectivity index (χ0v) is 10.8. The quantitative estimate of drug-likeness (QED) is 0.627. The van der Waals surface area contributed by atoms with E-state index in [4.69, 9.17) is 5.73 Å². The molecule has 0 saturated carbocycles. The zero-order valence-electron chi connectivity index (χ0n) is 10.8. The molecule has 0 fully saturated rings. The number of hydrogen-bond acceptors (Lipinski definition) is 1. The van der Waals surface area contributed by atoms with Crippen LogP contribution in [0.5, 0.6) is 0 Å². The molecule has 18 heavy (non-hydrogen) atoms. The number of primary amides is 1. The van der Waals surface area contributed by atoms with Crippen LogP contribution in [-0.2, 0) is 11.2 Å². The van der Waals surface area contributed by atoms with Gasteiger partial charge in [-0.25, -0.2) is 0 Å². The minimum absolute atomic E-state index is 0.383. The van der Waals surface area contributed by atoms with Crippen LogP contribution in [-0.4, -0.2) is 5.91 Å². The molecule has 1 aliphatic rings. The molecule has 0 radical (unpaired) electrons. The average molecular weight is 241 g/mol. The van der Waals surface area contributed by atoms with Gasteiger partial charge in [0.25, 0.3) is 0 Å². The summed E-state index contributed by atoms with van der Waals surface area (Å²) >= 11 is 0. The number of fused-ring (bicyclic) bond motifs is 1. The Kier molecular flexibility index (Phi) is 3.98. The minimum Gasteiger partial charge on any atom is -0.366 e. The normalized spacial score (nSPS) is 18.3. The highest BCUT2D eigenvalue weighted by Gasteiger charge is 2.11. The van der Waals surface area contributed by atoms with Crippen molar-refractivity contribution in [1.29, 1.82) is 0 Å². The first-order valence-corrected chi connectivity index (χ1v) is 6.43. The van der Waals surface area contributed by atoms with Gasteiger partial charge in [-0.1, -0.05) is 30.3 Å². The third-order valence-electron chi connectivity index (χ3n) is 3.28. The van der Waals surface area contributed by atoms with Crippen molar-refractivity contribution in [2.75, 3.05) is 0 Å². The topological polar surface area (TPSA) is 43.1 Å². The first-order valence-electron chi connectivity index (χ1n) is 6.43. The van der Waals surface area contributed by atoms with E-state index in [1.54, 1.807) is 0 Å². The van der Waals surface area contributed by atoms with E-state index < -0.39 is 0 Å². The Balaban J connectivity index is 2.39. The lowest BCUT2D eigenvalue weighted by molar-refractivity contribution is -0.113. The van der Waals surface area contributed by atoms with E-state index >= 15 is 0 Å². The van der Waals surface area contributed by atoms with Gasteiger partial charge in [-0.05, 0) is 54.9 Å². The van der Waals surface area contributed by atoms with Gasteiger partial charge in [0, 0.05) is 6.08 Å². The van der Waals surface area contributed by atoms with Crippen LogP contribution in [0.1, 0.15) is 37.3 Å². The van der Waals surface area contributed by atoms with Crippen molar-refractivity contribution in [2.45, 2.75) is 32.6 Å². The van der Waals surface area contributed by atoms with Crippen molar-refractivity contribution in [2.24, 2.45) is 5.73 Å². The van der Waals surface area contributed by atoms with Gasteiger partial charge in [-0.15, -0.1) is 0 Å². The van der Waals surface area contributed by atoms with Crippen LogP contribution in [0.4, 0.5) is 0 Å². The SMILES string of the molecule is CC(=C/C(N)=O)/C=C1\CCCCc2ccccc21. The number of carbonyl (C=O) groups excluding carboxylic acids is 1. The number of hydrogen-bond donors (Lipinski definition) is 1. The van der Waals surface area contributed by atoms with Crippen molar-refractivity contribution in [3.8, 4) is 0 Å². The Morgan fingerprint density at radius 2 is 1.94 bits per heavy atom. The van der Waals surface area contributed by atoms with Crippen LogP contribution >= 0.6 is 0 Å². The van der Waals surface area contributed by atoms with Crippen LogP contribution in [0.15, 0.2) is 42.0 Å². The fourth-order valence-electron chi connectivity index (χ4n) is 2.51. The molecule has 0 spiro atoms. The zero-order chi connectivity index (χ0) is 13.0. The van der Waals surface area contributed by atoms with Crippen LogP contribution in [0.3, 0.4) is 0 Å². The monoisotopic (exact) mass is 241 g/mol. The fourth-order valence-corrected chi connectivity index (χ4v) is 2.51. The first-order chi connectivity index (χ1) is 8.66. The summed E-state index contributed by atoms with van der Waals surface area (Å²) in [5.74, 6) is -0.383. The number of aryl methyl sites for hydroxylation is 1. The molecule has 0 saturated heterocycles. The van der Waals surface area contributed by atoms with E-state index in [1.165, 1.54) is 35.6 Å². The summed E-state index contributed by atoms with van der Waals surface area (Å²) in [4.78, 5) is 10.9. The highest BCUT2D eigenvalue weighted by Crippen LogP contribution is 2.30. The summed E-state index contributed by atoms with van der Waals surface area (Å²) in [6.45, 7) is 1.92. The van der Waals surface area contributed by atoms with Gasteiger partial charge in [0.2, 0.25) is 5.91 Å². The maximum absolute atomic E-state index is 10.9. The summed E-state index contributed by atoms with van der Waals surface area (Å²) in [7, 11) is 0. The Morgan fingerprint density at radius 3 is 2.72 bits per heavy atom. The molecule has 0 unspecified atom stereocenters. The van der Waals surface area contributed by atoms with Crippen LogP contribution in [0.2, 0.25) is 0 Å². The third kappa shape index (κ3) is 3.10. The number of benzene rings is 1. The van der Waals surface area contributed by atoms with Crippen molar-refractivity contribution in [3.05, 3.63) is 53.1 Å². The predicted molar refractivity (Wildman–Crippen MR) is 74.9 cm³/mol. The number of carbonyl (C=O) groups is 1. The molecule has 2 N–H and O–H groups in total. The number of amides is 1. The third-order valence-corrected chi connectivity index (χ3v) is 3.28. The first kappa shape index (κ1) is 12.6. The van der Waals surface area contributed by atoms with Crippen molar-refractivity contribution < 1.29 is 4.79 Å². The molecule has 2 heteroatoms. The highest BCUT2D eigenvalue weighted by molar-refractivity contribution is 5.87. The second-order valence-electron chi connectivity index (χ2n) is 4.82. The van der Waals surface area contributed by atoms with E-state index in [0.29, 0.717) is 0 Å². The number of allylic oxidation sites excluding steroid dienone is 3. The Labute approximate surface area is 108 Å². The molecule has 1 amide bonds. The maximum Gasteiger partial charge on any atom is 0.241 e. The summed E-state index contributed by atoms with van der Waals surface area (Å²) in [6, 6.07) is 8.53. The summed E-state index contributed by atoms with van der Waals surface area (Å²) in [6.07, 6.45) is 8.22. The van der Waals surface area contributed by atoms with Gasteiger partial charge in [0.1, 0.15) is 0 Å². The molecule has 1 aliphatic carbocycles. The molecular formula is C16H19NO. The van der Waals surface area contributed by atoms with E-state index in [1.807, 2.05) is 6.92 Å². The highest BCUT2D eigenvalue weighted by atomic mass is 16.1. The summed E-state index contributed by atoms with van der Waals surface area (Å²) in [5, 5.41) is 0. The standard InChI is InChI=1S/C16H19NO/c1-12(11-16(17)18)10-14-8-3-2-6-13-7-4-5-9-15(13)14/h4-5,7,9-11H,2-3,6,8H2,1H3,(H2,17,18)/b12-11-,14-10+. The molecule has 1 aromatic rings. The molecule has 94 valence electrons. The molecule has 0 bridgehead atoms. The second-order valence-corrected chi connectivity index (χ2v) is 4.82.